The lowest BCUT2D eigenvalue weighted by molar-refractivity contribution is -0.127. The van der Waals surface area contributed by atoms with Crippen LogP contribution in [0.5, 0.6) is 0 Å². The van der Waals surface area contributed by atoms with Crippen LogP contribution >= 0.6 is 0 Å². The highest BCUT2D eigenvalue weighted by Crippen LogP contribution is 2.35. The minimum Gasteiger partial charge on any atom is -0.390 e. The number of likely N-dealkylation sites (N-methyl/N-ethyl adjacent to an activating group) is 1. The number of carbonyl (C=O) groups is 2. The van der Waals surface area contributed by atoms with E-state index in [0.29, 0.717) is 12.8 Å². The zero-order chi connectivity index (χ0) is 26.3. The first kappa shape index (κ1) is 26.0. The highest BCUT2D eigenvalue weighted by atomic mass is 32.2. The first-order valence-corrected chi connectivity index (χ1v) is 13.4. The maximum absolute atomic E-state index is 12.9. The van der Waals surface area contributed by atoms with Crippen molar-refractivity contribution in [3.05, 3.63) is 71.4 Å². The van der Waals surface area contributed by atoms with E-state index in [0.717, 1.165) is 26.3 Å². The number of aliphatic hydroxyl groups is 1. The molecule has 0 spiro atoms. The number of carbonyl (C=O) groups excluding carboxylic acids is 2. The van der Waals surface area contributed by atoms with Crippen molar-refractivity contribution in [3.63, 3.8) is 0 Å². The van der Waals surface area contributed by atoms with Crippen LogP contribution in [0.25, 0.3) is 17.0 Å². The van der Waals surface area contributed by atoms with E-state index in [4.69, 9.17) is 0 Å². The Morgan fingerprint density at radius 3 is 2.31 bits per heavy atom. The summed E-state index contributed by atoms with van der Waals surface area (Å²) in [5.74, 6) is -0.313. The van der Waals surface area contributed by atoms with E-state index in [1.165, 1.54) is 7.05 Å². The Labute approximate surface area is 212 Å². The standard InChI is InChI=1S/C28H32N2O5S/c1-19-9-11-22(12-10-19)36(34,35)29(4)17-21(31)18-30-16-20(23-7-5-6-8-25(23)30)13-24-26(32)14-28(2,3)15-27(24)33/h5-13,16,21,31H,14-15,17-18H2,1-4H3/t21-/m0/s1. The van der Waals surface area contributed by atoms with Gasteiger partial charge in [0.15, 0.2) is 11.6 Å². The van der Waals surface area contributed by atoms with E-state index < -0.39 is 16.1 Å². The Kier molecular flexibility index (Phi) is 7.05. The Balaban J connectivity index is 1.57. The van der Waals surface area contributed by atoms with Crippen LogP contribution in [0.4, 0.5) is 0 Å². The molecule has 1 aliphatic rings. The molecule has 1 aliphatic carbocycles. The average molecular weight is 509 g/mol. The van der Waals surface area contributed by atoms with Crippen molar-refractivity contribution in [1.82, 2.24) is 8.87 Å². The maximum atomic E-state index is 12.9. The summed E-state index contributed by atoms with van der Waals surface area (Å²) in [6, 6.07) is 14.1. The lowest BCUT2D eigenvalue weighted by Gasteiger charge is -2.28. The van der Waals surface area contributed by atoms with Crippen molar-refractivity contribution < 1.29 is 23.1 Å². The fourth-order valence-electron chi connectivity index (χ4n) is 4.71. The quantitative estimate of drug-likeness (QED) is 0.385. The van der Waals surface area contributed by atoms with E-state index in [1.54, 1.807) is 36.5 Å². The molecule has 1 aromatic heterocycles. The first-order chi connectivity index (χ1) is 16.9. The number of benzene rings is 2. The van der Waals surface area contributed by atoms with Gasteiger partial charge in [-0.2, -0.15) is 4.31 Å². The van der Waals surface area contributed by atoms with E-state index in [9.17, 15) is 23.1 Å². The molecule has 1 fully saturated rings. The predicted octanol–water partition coefficient (Wildman–Crippen LogP) is 3.97. The van der Waals surface area contributed by atoms with Crippen LogP contribution in [-0.4, -0.2) is 53.7 Å². The summed E-state index contributed by atoms with van der Waals surface area (Å²) in [4.78, 5) is 25.6. The van der Waals surface area contributed by atoms with Gasteiger partial charge in [0.2, 0.25) is 10.0 Å². The number of fused-ring (bicyclic) bond motifs is 1. The Bertz CT molecular complexity index is 1430. The topological polar surface area (TPSA) is 96.7 Å². The van der Waals surface area contributed by atoms with Gasteiger partial charge in [0.1, 0.15) is 0 Å². The molecule has 0 amide bonds. The van der Waals surface area contributed by atoms with Gasteiger partial charge >= 0.3 is 0 Å². The van der Waals surface area contributed by atoms with Crippen molar-refractivity contribution in [3.8, 4) is 0 Å². The number of aliphatic hydroxyl groups excluding tert-OH is 1. The van der Waals surface area contributed by atoms with Gasteiger partial charge < -0.3 is 9.67 Å². The Morgan fingerprint density at radius 1 is 1.06 bits per heavy atom. The summed E-state index contributed by atoms with van der Waals surface area (Å²) in [6.45, 7) is 5.78. The average Bonchev–Trinajstić information content (AvgIpc) is 3.13. The summed E-state index contributed by atoms with van der Waals surface area (Å²) in [5, 5.41) is 11.7. The molecule has 4 rings (SSSR count). The van der Waals surface area contributed by atoms with Gasteiger partial charge in [-0.05, 0) is 36.6 Å². The van der Waals surface area contributed by atoms with Crippen molar-refractivity contribution in [1.29, 1.82) is 0 Å². The van der Waals surface area contributed by atoms with Crippen LogP contribution in [0.2, 0.25) is 0 Å². The van der Waals surface area contributed by atoms with Crippen molar-refractivity contribution in [2.75, 3.05) is 13.6 Å². The summed E-state index contributed by atoms with van der Waals surface area (Å²) < 4.78 is 28.8. The molecule has 0 unspecified atom stereocenters. The lowest BCUT2D eigenvalue weighted by atomic mass is 9.74. The zero-order valence-corrected chi connectivity index (χ0v) is 21.9. The molecular weight excluding hydrogens is 476 g/mol. The number of hydrogen-bond acceptors (Lipinski definition) is 5. The molecule has 0 aliphatic heterocycles. The third kappa shape index (κ3) is 5.36. The van der Waals surface area contributed by atoms with Crippen LogP contribution in [0.15, 0.2) is 65.2 Å². The molecule has 0 saturated heterocycles. The number of rotatable bonds is 7. The SMILES string of the molecule is Cc1ccc(S(=O)(=O)N(C)C[C@H](O)Cn2cc(C=C3C(=O)CC(C)(C)CC3=O)c3ccccc32)cc1. The predicted molar refractivity (Wildman–Crippen MR) is 140 cm³/mol. The maximum Gasteiger partial charge on any atom is 0.242 e. The van der Waals surface area contributed by atoms with Crippen LogP contribution in [-0.2, 0) is 26.2 Å². The molecular formula is C28H32N2O5S. The fourth-order valence-corrected chi connectivity index (χ4v) is 5.91. The summed E-state index contributed by atoms with van der Waals surface area (Å²) >= 11 is 0. The normalized spacial score (nSPS) is 17.1. The number of aromatic nitrogens is 1. The van der Waals surface area contributed by atoms with Gasteiger partial charge in [0.05, 0.1) is 16.6 Å². The van der Waals surface area contributed by atoms with Gasteiger partial charge in [0, 0.05) is 55.6 Å². The first-order valence-electron chi connectivity index (χ1n) is 11.9. The van der Waals surface area contributed by atoms with Crippen LogP contribution in [0.3, 0.4) is 0 Å². The highest BCUT2D eigenvalue weighted by molar-refractivity contribution is 7.89. The highest BCUT2D eigenvalue weighted by Gasteiger charge is 2.35. The molecule has 1 heterocycles. The van der Waals surface area contributed by atoms with E-state index in [2.05, 4.69) is 0 Å². The minimum absolute atomic E-state index is 0.0921. The van der Waals surface area contributed by atoms with Crippen molar-refractivity contribution >= 4 is 38.6 Å². The van der Waals surface area contributed by atoms with Crippen molar-refractivity contribution in [2.24, 2.45) is 5.41 Å². The summed E-state index contributed by atoms with van der Waals surface area (Å²) in [6.07, 6.45) is 3.12. The number of nitrogens with zero attached hydrogens (tertiary/aromatic N) is 2. The van der Waals surface area contributed by atoms with Gasteiger partial charge in [-0.15, -0.1) is 0 Å². The molecule has 1 N–H and O–H groups in total. The van der Waals surface area contributed by atoms with Gasteiger partial charge in [0.25, 0.3) is 0 Å². The monoisotopic (exact) mass is 508 g/mol. The number of Topliss-reactive ketones (excluding diaryl/α,β-unsaturated/α-hetero) is 2. The number of aryl methyl sites for hydroxylation is 1. The van der Waals surface area contributed by atoms with Crippen LogP contribution < -0.4 is 0 Å². The fraction of sp³-hybridized carbons (Fsp3) is 0.357. The third-order valence-electron chi connectivity index (χ3n) is 6.60. The molecule has 0 radical (unpaired) electrons. The molecule has 3 aromatic rings. The summed E-state index contributed by atoms with van der Waals surface area (Å²) in [7, 11) is -2.29. The lowest BCUT2D eigenvalue weighted by Crippen LogP contribution is -2.36. The second-order valence-electron chi connectivity index (χ2n) is 10.4. The molecule has 0 bridgehead atoms. The van der Waals surface area contributed by atoms with E-state index in [1.807, 2.05) is 49.6 Å². The Morgan fingerprint density at radius 2 is 1.67 bits per heavy atom. The number of ketones is 2. The molecule has 8 heteroatoms. The summed E-state index contributed by atoms with van der Waals surface area (Å²) in [5.41, 5.74) is 2.37. The second-order valence-corrected chi connectivity index (χ2v) is 12.5. The molecule has 2 aromatic carbocycles. The number of hydrogen-bond donors (Lipinski definition) is 1. The molecule has 1 saturated carbocycles. The van der Waals surface area contributed by atoms with Gasteiger partial charge in [-0.3, -0.25) is 9.59 Å². The van der Waals surface area contributed by atoms with E-state index in [-0.39, 0.29) is 40.5 Å². The smallest absolute Gasteiger partial charge is 0.242 e. The minimum atomic E-state index is -3.74. The van der Waals surface area contributed by atoms with Crippen LogP contribution in [0.1, 0.15) is 37.8 Å². The van der Waals surface area contributed by atoms with E-state index >= 15 is 0 Å². The van der Waals surface area contributed by atoms with Crippen molar-refractivity contribution in [2.45, 2.75) is 51.2 Å². The third-order valence-corrected chi connectivity index (χ3v) is 8.44. The molecule has 190 valence electrons. The van der Waals surface area contributed by atoms with Gasteiger partial charge in [-0.1, -0.05) is 49.7 Å². The zero-order valence-electron chi connectivity index (χ0n) is 21.1. The number of allylic oxidation sites excluding steroid dienone is 1. The Hall–Kier alpha value is -3.07. The van der Waals surface area contributed by atoms with Crippen LogP contribution in [0, 0.1) is 12.3 Å². The molecule has 7 nitrogen and oxygen atoms in total. The van der Waals surface area contributed by atoms with Gasteiger partial charge in [-0.25, -0.2) is 8.42 Å². The number of sulfonamides is 1. The molecule has 1 atom stereocenters. The molecule has 36 heavy (non-hydrogen) atoms. The number of para-hydroxylation sites is 1. The second kappa shape index (κ2) is 9.76. The largest absolute Gasteiger partial charge is 0.390 e.